The Balaban J connectivity index is 2.30. The summed E-state index contributed by atoms with van der Waals surface area (Å²) in [5, 5.41) is 0. The summed E-state index contributed by atoms with van der Waals surface area (Å²) < 4.78 is 0. The van der Waals surface area contributed by atoms with Crippen molar-refractivity contribution in [1.29, 1.82) is 0 Å². The second kappa shape index (κ2) is 4.93. The van der Waals surface area contributed by atoms with Crippen LogP contribution in [0, 0.1) is 19.8 Å². The molecule has 1 aliphatic heterocycles. The van der Waals surface area contributed by atoms with Crippen LogP contribution in [0.25, 0.3) is 0 Å². The Morgan fingerprint density at radius 1 is 1.33 bits per heavy atom. The third kappa shape index (κ3) is 2.39. The lowest BCUT2D eigenvalue weighted by Crippen LogP contribution is -2.38. The quantitative estimate of drug-likeness (QED) is 0.887. The molecular weight excluding hydrogens is 220 g/mol. The fourth-order valence-corrected chi connectivity index (χ4v) is 3.27. The first-order valence-electron chi connectivity index (χ1n) is 6.99. The maximum Gasteiger partial charge on any atom is 0.0403 e. The third-order valence-corrected chi connectivity index (χ3v) is 4.40. The van der Waals surface area contributed by atoms with Crippen molar-refractivity contribution in [3.63, 3.8) is 0 Å². The van der Waals surface area contributed by atoms with Crippen molar-refractivity contribution < 1.29 is 0 Å². The zero-order valence-electron chi connectivity index (χ0n) is 12.2. The van der Waals surface area contributed by atoms with Crippen molar-refractivity contribution in [2.45, 2.75) is 46.1 Å². The molecule has 2 nitrogen and oxygen atoms in total. The van der Waals surface area contributed by atoms with Crippen molar-refractivity contribution in [3.05, 3.63) is 29.3 Å². The monoisotopic (exact) mass is 246 g/mol. The van der Waals surface area contributed by atoms with Gasteiger partial charge in [0, 0.05) is 17.8 Å². The van der Waals surface area contributed by atoms with E-state index in [9.17, 15) is 0 Å². The van der Waals surface area contributed by atoms with Gasteiger partial charge in [0.1, 0.15) is 0 Å². The molecule has 1 atom stereocenters. The lowest BCUT2D eigenvalue weighted by Gasteiger charge is -2.35. The van der Waals surface area contributed by atoms with Crippen molar-refractivity contribution in [3.8, 4) is 0 Å². The molecule has 0 aliphatic carbocycles. The van der Waals surface area contributed by atoms with Crippen molar-refractivity contribution in [1.82, 2.24) is 0 Å². The minimum atomic E-state index is 0.248. The van der Waals surface area contributed by atoms with Crippen LogP contribution < -0.4 is 10.6 Å². The van der Waals surface area contributed by atoms with E-state index in [-0.39, 0.29) is 5.54 Å². The summed E-state index contributed by atoms with van der Waals surface area (Å²) >= 11 is 0. The van der Waals surface area contributed by atoms with Gasteiger partial charge < -0.3 is 10.6 Å². The highest BCUT2D eigenvalue weighted by Gasteiger charge is 2.38. The van der Waals surface area contributed by atoms with Gasteiger partial charge in [0.15, 0.2) is 0 Å². The lowest BCUT2D eigenvalue weighted by molar-refractivity contribution is 0.458. The van der Waals surface area contributed by atoms with Crippen LogP contribution in [0.4, 0.5) is 5.69 Å². The smallest absolute Gasteiger partial charge is 0.0403 e. The van der Waals surface area contributed by atoms with Gasteiger partial charge in [0.25, 0.3) is 0 Å². The molecule has 1 aromatic rings. The molecule has 2 rings (SSSR count). The van der Waals surface area contributed by atoms with E-state index in [0.717, 1.165) is 25.4 Å². The molecule has 1 aliphatic rings. The van der Waals surface area contributed by atoms with E-state index in [1.807, 2.05) is 0 Å². The van der Waals surface area contributed by atoms with Gasteiger partial charge in [-0.05, 0) is 70.2 Å². The van der Waals surface area contributed by atoms with E-state index in [4.69, 9.17) is 5.73 Å². The number of aryl methyl sites for hydroxylation is 1. The number of rotatable bonds is 3. The maximum atomic E-state index is 5.72. The van der Waals surface area contributed by atoms with Crippen molar-refractivity contribution >= 4 is 5.69 Å². The minimum absolute atomic E-state index is 0.248. The molecule has 0 radical (unpaired) electrons. The summed E-state index contributed by atoms with van der Waals surface area (Å²) in [6.45, 7) is 11.1. The Kier molecular flexibility index (Phi) is 3.67. The number of hydrogen-bond acceptors (Lipinski definition) is 2. The summed E-state index contributed by atoms with van der Waals surface area (Å²) in [5.74, 6) is 0.741. The standard InChI is InChI=1S/C16H26N2/c1-12-6-5-7-15(13(12)2)18-11-14(8-9-17)10-16(18,3)4/h5-7,14H,8-11,17H2,1-4H3. The van der Waals surface area contributed by atoms with Crippen molar-refractivity contribution in [2.75, 3.05) is 18.0 Å². The Bertz CT molecular complexity index is 423. The Morgan fingerprint density at radius 3 is 2.72 bits per heavy atom. The molecule has 2 N–H and O–H groups in total. The van der Waals surface area contributed by atoms with E-state index < -0.39 is 0 Å². The SMILES string of the molecule is Cc1cccc(N2CC(CCN)CC2(C)C)c1C. The first-order chi connectivity index (χ1) is 8.45. The molecule has 2 heteroatoms. The number of anilines is 1. The van der Waals surface area contributed by atoms with E-state index >= 15 is 0 Å². The molecule has 0 aromatic heterocycles. The molecule has 0 amide bonds. The Morgan fingerprint density at radius 2 is 2.06 bits per heavy atom. The summed E-state index contributed by atoms with van der Waals surface area (Å²) in [4.78, 5) is 2.58. The van der Waals surface area contributed by atoms with Crippen LogP contribution in [-0.2, 0) is 0 Å². The lowest BCUT2D eigenvalue weighted by atomic mass is 9.94. The highest BCUT2D eigenvalue weighted by molar-refractivity contribution is 5.58. The average molecular weight is 246 g/mol. The second-order valence-corrected chi connectivity index (χ2v) is 6.29. The van der Waals surface area contributed by atoms with Gasteiger partial charge in [0.05, 0.1) is 0 Å². The second-order valence-electron chi connectivity index (χ2n) is 6.29. The molecule has 18 heavy (non-hydrogen) atoms. The zero-order valence-corrected chi connectivity index (χ0v) is 12.2. The van der Waals surface area contributed by atoms with Gasteiger partial charge >= 0.3 is 0 Å². The molecule has 1 unspecified atom stereocenters. The number of nitrogens with zero attached hydrogens (tertiary/aromatic N) is 1. The van der Waals surface area contributed by atoms with E-state index in [2.05, 4.69) is 50.8 Å². The topological polar surface area (TPSA) is 29.3 Å². The molecular formula is C16H26N2. The van der Waals surface area contributed by atoms with E-state index in [1.54, 1.807) is 0 Å². The van der Waals surface area contributed by atoms with Gasteiger partial charge in [0.2, 0.25) is 0 Å². The Hall–Kier alpha value is -1.02. The number of hydrogen-bond donors (Lipinski definition) is 1. The fourth-order valence-electron chi connectivity index (χ4n) is 3.27. The molecule has 1 aromatic carbocycles. The first kappa shape index (κ1) is 13.4. The number of benzene rings is 1. The molecule has 0 saturated carbocycles. The van der Waals surface area contributed by atoms with Crippen LogP contribution in [0.2, 0.25) is 0 Å². The molecule has 1 saturated heterocycles. The summed E-state index contributed by atoms with van der Waals surface area (Å²) in [6, 6.07) is 6.62. The van der Waals surface area contributed by atoms with Crippen LogP contribution in [0.1, 0.15) is 37.8 Å². The predicted octanol–water partition coefficient (Wildman–Crippen LogP) is 3.26. The van der Waals surface area contributed by atoms with E-state index in [0.29, 0.717) is 0 Å². The predicted molar refractivity (Wildman–Crippen MR) is 79.1 cm³/mol. The zero-order chi connectivity index (χ0) is 13.3. The largest absolute Gasteiger partial charge is 0.366 e. The first-order valence-corrected chi connectivity index (χ1v) is 6.99. The maximum absolute atomic E-state index is 5.72. The Labute approximate surface area is 111 Å². The van der Waals surface area contributed by atoms with Crippen LogP contribution in [-0.4, -0.2) is 18.6 Å². The molecule has 0 bridgehead atoms. The van der Waals surface area contributed by atoms with Crippen LogP contribution in [0.3, 0.4) is 0 Å². The number of nitrogens with two attached hydrogens (primary N) is 1. The van der Waals surface area contributed by atoms with Gasteiger partial charge in [-0.25, -0.2) is 0 Å². The van der Waals surface area contributed by atoms with Gasteiger partial charge in [-0.15, -0.1) is 0 Å². The third-order valence-electron chi connectivity index (χ3n) is 4.40. The van der Waals surface area contributed by atoms with E-state index in [1.165, 1.54) is 23.2 Å². The highest BCUT2D eigenvalue weighted by Crippen LogP contribution is 2.39. The van der Waals surface area contributed by atoms with Gasteiger partial charge in [-0.1, -0.05) is 12.1 Å². The molecule has 1 fully saturated rings. The average Bonchev–Trinajstić information content (AvgIpc) is 2.58. The summed E-state index contributed by atoms with van der Waals surface area (Å²) in [5.41, 5.74) is 10.2. The molecule has 1 heterocycles. The fraction of sp³-hybridized carbons (Fsp3) is 0.625. The van der Waals surface area contributed by atoms with Gasteiger partial charge in [-0.3, -0.25) is 0 Å². The van der Waals surface area contributed by atoms with Crippen LogP contribution >= 0.6 is 0 Å². The highest BCUT2D eigenvalue weighted by atomic mass is 15.2. The van der Waals surface area contributed by atoms with Crippen molar-refractivity contribution in [2.24, 2.45) is 11.7 Å². The molecule has 0 spiro atoms. The minimum Gasteiger partial charge on any atom is -0.366 e. The van der Waals surface area contributed by atoms with Crippen LogP contribution in [0.15, 0.2) is 18.2 Å². The summed E-state index contributed by atoms with van der Waals surface area (Å²) in [6.07, 6.45) is 2.39. The molecule has 100 valence electrons. The summed E-state index contributed by atoms with van der Waals surface area (Å²) in [7, 11) is 0. The van der Waals surface area contributed by atoms with Gasteiger partial charge in [-0.2, -0.15) is 0 Å². The van der Waals surface area contributed by atoms with Crippen LogP contribution in [0.5, 0.6) is 0 Å². The normalized spacial score (nSPS) is 22.5.